The number of pyridine rings is 1. The zero-order chi connectivity index (χ0) is 16.9. The van der Waals surface area contributed by atoms with Gasteiger partial charge in [0.2, 0.25) is 0 Å². The fourth-order valence-electron chi connectivity index (χ4n) is 3.72. The lowest BCUT2D eigenvalue weighted by Crippen LogP contribution is -2.49. The summed E-state index contributed by atoms with van der Waals surface area (Å²) in [4.78, 5) is 34.1. The average molecular weight is 332 g/mol. The number of aromatic amines is 1. The first-order chi connectivity index (χ1) is 11.6. The van der Waals surface area contributed by atoms with E-state index in [-0.39, 0.29) is 23.1 Å². The number of rotatable bonds is 4. The van der Waals surface area contributed by atoms with Crippen LogP contribution < -0.4 is 5.56 Å². The van der Waals surface area contributed by atoms with Gasteiger partial charge in [0.25, 0.3) is 11.5 Å². The Bertz CT molecular complexity index is 607. The predicted molar refractivity (Wildman–Crippen MR) is 94.3 cm³/mol. The number of nitrogens with zero attached hydrogens (tertiary/aromatic N) is 3. The van der Waals surface area contributed by atoms with E-state index in [0.717, 1.165) is 58.5 Å². The minimum absolute atomic E-state index is 0.111. The van der Waals surface area contributed by atoms with Gasteiger partial charge in [0.15, 0.2) is 0 Å². The van der Waals surface area contributed by atoms with Crippen LogP contribution in [0.5, 0.6) is 0 Å². The summed E-state index contributed by atoms with van der Waals surface area (Å²) < 4.78 is 0. The van der Waals surface area contributed by atoms with Crippen LogP contribution in [0.1, 0.15) is 36.0 Å². The molecular weight excluding hydrogens is 304 g/mol. The highest BCUT2D eigenvalue weighted by atomic mass is 16.2. The van der Waals surface area contributed by atoms with E-state index in [1.165, 1.54) is 6.42 Å². The molecule has 1 atom stereocenters. The number of piperidine rings is 1. The molecule has 0 radical (unpaired) electrons. The topological polar surface area (TPSA) is 59.6 Å². The zero-order valence-corrected chi connectivity index (χ0v) is 14.5. The monoisotopic (exact) mass is 332 g/mol. The maximum Gasteiger partial charge on any atom is 0.260 e. The molecule has 3 heterocycles. The molecule has 0 spiro atoms. The van der Waals surface area contributed by atoms with Gasteiger partial charge in [0, 0.05) is 51.5 Å². The van der Waals surface area contributed by atoms with Gasteiger partial charge in [0.1, 0.15) is 5.56 Å². The van der Waals surface area contributed by atoms with Crippen molar-refractivity contribution in [3.05, 3.63) is 34.2 Å². The van der Waals surface area contributed by atoms with E-state index in [9.17, 15) is 9.59 Å². The number of piperazine rings is 1. The molecule has 132 valence electrons. The molecule has 2 aliphatic rings. The lowest BCUT2D eigenvalue weighted by atomic mass is 9.98. The number of carbonyl (C=O) groups excluding carboxylic acids is 1. The van der Waals surface area contributed by atoms with Crippen LogP contribution in [0.25, 0.3) is 0 Å². The van der Waals surface area contributed by atoms with Crippen molar-refractivity contribution in [3.63, 3.8) is 0 Å². The average Bonchev–Trinajstić information content (AvgIpc) is 2.61. The number of hydrogen-bond acceptors (Lipinski definition) is 4. The standard InChI is InChI=1S/C18H28N4O2/c1-20-11-13-21(14-12-20)10-7-15-5-2-3-9-22(15)18(24)16-6-4-8-19-17(16)23/h4,6,8,15H,2-3,5,7,9-14H2,1H3,(H,19,23)/t15-/m1/s1. The Kier molecular flexibility index (Phi) is 5.68. The van der Waals surface area contributed by atoms with Gasteiger partial charge in [-0.2, -0.15) is 0 Å². The molecule has 1 aromatic heterocycles. The molecule has 2 saturated heterocycles. The summed E-state index contributed by atoms with van der Waals surface area (Å²) in [5.41, 5.74) is -0.0186. The third-order valence-corrected chi connectivity index (χ3v) is 5.31. The Balaban J connectivity index is 1.62. The summed E-state index contributed by atoms with van der Waals surface area (Å²) in [6, 6.07) is 3.61. The summed E-state index contributed by atoms with van der Waals surface area (Å²) in [6.07, 6.45) is 5.81. The molecule has 0 bridgehead atoms. The van der Waals surface area contributed by atoms with Crippen LogP contribution in [0.15, 0.2) is 23.1 Å². The van der Waals surface area contributed by atoms with Gasteiger partial charge in [-0.1, -0.05) is 0 Å². The molecule has 0 saturated carbocycles. The van der Waals surface area contributed by atoms with Crippen LogP contribution >= 0.6 is 0 Å². The lowest BCUT2D eigenvalue weighted by Gasteiger charge is -2.38. The van der Waals surface area contributed by atoms with Gasteiger partial charge in [0.05, 0.1) is 0 Å². The molecular formula is C18H28N4O2. The van der Waals surface area contributed by atoms with Crippen molar-refractivity contribution in [2.75, 3.05) is 46.3 Å². The number of carbonyl (C=O) groups is 1. The quantitative estimate of drug-likeness (QED) is 0.894. The number of likely N-dealkylation sites (N-methyl/N-ethyl adjacent to an activating group) is 1. The molecule has 0 unspecified atom stereocenters. The largest absolute Gasteiger partial charge is 0.335 e. The fourth-order valence-corrected chi connectivity index (χ4v) is 3.72. The number of likely N-dealkylation sites (tertiary alicyclic amines) is 1. The Morgan fingerprint density at radius 3 is 2.75 bits per heavy atom. The van der Waals surface area contributed by atoms with E-state index in [1.54, 1.807) is 18.3 Å². The number of H-pyrrole nitrogens is 1. The van der Waals surface area contributed by atoms with Crippen LogP contribution in [0.3, 0.4) is 0 Å². The van der Waals surface area contributed by atoms with E-state index in [2.05, 4.69) is 21.8 Å². The maximum absolute atomic E-state index is 12.8. The maximum atomic E-state index is 12.8. The van der Waals surface area contributed by atoms with Crippen molar-refractivity contribution in [3.8, 4) is 0 Å². The van der Waals surface area contributed by atoms with Gasteiger partial charge in [-0.3, -0.25) is 9.59 Å². The van der Waals surface area contributed by atoms with Crippen LogP contribution in [0.2, 0.25) is 0 Å². The van der Waals surface area contributed by atoms with Gasteiger partial charge in [-0.25, -0.2) is 0 Å². The van der Waals surface area contributed by atoms with Crippen molar-refractivity contribution in [1.29, 1.82) is 0 Å². The molecule has 2 fully saturated rings. The molecule has 3 rings (SSSR count). The third kappa shape index (κ3) is 4.05. The summed E-state index contributed by atoms with van der Waals surface area (Å²) in [7, 11) is 2.16. The van der Waals surface area contributed by atoms with Crippen LogP contribution in [0.4, 0.5) is 0 Å². The SMILES string of the molecule is CN1CCN(CC[C@H]2CCCCN2C(=O)c2ccc[nH]c2=O)CC1. The minimum Gasteiger partial charge on any atom is -0.335 e. The summed E-state index contributed by atoms with van der Waals surface area (Å²) in [5, 5.41) is 0. The second-order valence-electron chi connectivity index (χ2n) is 6.99. The van der Waals surface area contributed by atoms with E-state index >= 15 is 0 Å². The zero-order valence-electron chi connectivity index (χ0n) is 14.5. The van der Waals surface area contributed by atoms with Crippen LogP contribution in [-0.2, 0) is 0 Å². The van der Waals surface area contributed by atoms with Gasteiger partial charge < -0.3 is 19.7 Å². The third-order valence-electron chi connectivity index (χ3n) is 5.31. The first-order valence-corrected chi connectivity index (χ1v) is 9.05. The summed E-state index contributed by atoms with van der Waals surface area (Å²) in [6.45, 7) is 6.25. The van der Waals surface area contributed by atoms with Crippen molar-refractivity contribution >= 4 is 5.91 Å². The minimum atomic E-state index is -0.286. The molecule has 1 amide bonds. The molecule has 0 aromatic carbocycles. The first kappa shape index (κ1) is 17.2. The van der Waals surface area contributed by atoms with E-state index in [4.69, 9.17) is 0 Å². The first-order valence-electron chi connectivity index (χ1n) is 9.05. The molecule has 6 nitrogen and oxygen atoms in total. The normalized spacial score (nSPS) is 23.4. The van der Waals surface area contributed by atoms with Crippen molar-refractivity contribution in [1.82, 2.24) is 19.7 Å². The van der Waals surface area contributed by atoms with E-state index in [0.29, 0.717) is 0 Å². The molecule has 24 heavy (non-hydrogen) atoms. The molecule has 1 aromatic rings. The molecule has 2 aliphatic heterocycles. The van der Waals surface area contributed by atoms with Crippen molar-refractivity contribution < 1.29 is 4.79 Å². The van der Waals surface area contributed by atoms with Crippen LogP contribution in [0, 0.1) is 0 Å². The summed E-state index contributed by atoms with van der Waals surface area (Å²) in [5.74, 6) is -0.111. The second kappa shape index (κ2) is 7.94. The highest BCUT2D eigenvalue weighted by Crippen LogP contribution is 2.22. The molecule has 0 aliphatic carbocycles. The highest BCUT2D eigenvalue weighted by molar-refractivity contribution is 5.94. The van der Waals surface area contributed by atoms with Crippen molar-refractivity contribution in [2.45, 2.75) is 31.7 Å². The molecule has 1 N–H and O–H groups in total. The highest BCUT2D eigenvalue weighted by Gasteiger charge is 2.29. The van der Waals surface area contributed by atoms with Gasteiger partial charge in [-0.15, -0.1) is 0 Å². The summed E-state index contributed by atoms with van der Waals surface area (Å²) >= 11 is 0. The van der Waals surface area contributed by atoms with E-state index in [1.807, 2.05) is 4.90 Å². The van der Waals surface area contributed by atoms with E-state index < -0.39 is 0 Å². The Labute approximate surface area is 143 Å². The Morgan fingerprint density at radius 2 is 2.00 bits per heavy atom. The number of aromatic nitrogens is 1. The Hall–Kier alpha value is -1.66. The second-order valence-corrected chi connectivity index (χ2v) is 6.99. The van der Waals surface area contributed by atoms with Crippen LogP contribution in [-0.4, -0.2) is 77.9 Å². The smallest absolute Gasteiger partial charge is 0.260 e. The number of hydrogen-bond donors (Lipinski definition) is 1. The predicted octanol–water partition coefficient (Wildman–Crippen LogP) is 1.01. The lowest BCUT2D eigenvalue weighted by molar-refractivity contribution is 0.0568. The number of nitrogens with one attached hydrogen (secondary N) is 1. The number of amides is 1. The van der Waals surface area contributed by atoms with Gasteiger partial charge in [-0.05, 0) is 44.9 Å². The fraction of sp³-hybridized carbons (Fsp3) is 0.667. The van der Waals surface area contributed by atoms with Gasteiger partial charge >= 0.3 is 0 Å². The van der Waals surface area contributed by atoms with Crippen molar-refractivity contribution in [2.24, 2.45) is 0 Å². The molecule has 6 heteroatoms. The Morgan fingerprint density at radius 1 is 1.21 bits per heavy atom.